The van der Waals surface area contributed by atoms with Gasteiger partial charge in [-0.1, -0.05) is 0 Å². The van der Waals surface area contributed by atoms with Crippen molar-refractivity contribution in [1.29, 1.82) is 15.8 Å². The Labute approximate surface area is 165 Å². The summed E-state index contributed by atoms with van der Waals surface area (Å²) in [5.41, 5.74) is 6.83. The van der Waals surface area contributed by atoms with Gasteiger partial charge in [0.1, 0.15) is 0 Å². The second kappa shape index (κ2) is 12.0. The monoisotopic (exact) mass is 515 g/mol. The predicted octanol–water partition coefficient (Wildman–Crippen LogP) is 6.28. The summed E-state index contributed by atoms with van der Waals surface area (Å²) in [4.78, 5) is 0. The molecule has 1 aliphatic carbocycles. The third-order valence-electron chi connectivity index (χ3n) is 2.14. The van der Waals surface area contributed by atoms with Crippen molar-refractivity contribution in [1.82, 2.24) is 0 Å². The summed E-state index contributed by atoms with van der Waals surface area (Å²) in [6, 6.07) is 5.25. The molecule has 0 aromatic rings. The first kappa shape index (κ1) is 33.8. The number of hydrogen-bond acceptors (Lipinski definition) is 5. The van der Waals surface area contributed by atoms with Gasteiger partial charge in [0.05, 0.1) is 18.2 Å². The van der Waals surface area contributed by atoms with E-state index in [9.17, 15) is 13.2 Å². The molecule has 11 heteroatoms. The number of halogens is 3. The second-order valence-corrected chi connectivity index (χ2v) is 31.5. The average molecular weight is 515 g/mol. The summed E-state index contributed by atoms with van der Waals surface area (Å²) in [6.45, 7) is 4.29. The molecule has 0 saturated heterocycles. The number of hydrogen-bond donors (Lipinski definition) is 1. The maximum absolute atomic E-state index is 10.7. The van der Waals surface area contributed by atoms with E-state index in [0.29, 0.717) is 0 Å². The molecule has 0 unspecified atom stereocenters. The van der Waals surface area contributed by atoms with E-state index < -0.39 is 28.1 Å². The van der Waals surface area contributed by atoms with E-state index >= 15 is 0 Å². The number of nitriles is 3. The van der Waals surface area contributed by atoms with Crippen LogP contribution in [0.25, 0.3) is 0 Å². The van der Waals surface area contributed by atoms with Crippen molar-refractivity contribution in [2.45, 2.75) is 60.3 Å². The van der Waals surface area contributed by atoms with Crippen LogP contribution in [-0.4, -0.2) is 18.5 Å². The summed E-state index contributed by atoms with van der Waals surface area (Å²) >= 11 is -2.47. The van der Waals surface area contributed by atoms with E-state index in [1.165, 1.54) is 27.2 Å². The van der Waals surface area contributed by atoms with E-state index in [4.69, 9.17) is 28.8 Å². The first-order valence-electron chi connectivity index (χ1n) is 7.12. The van der Waals surface area contributed by atoms with Crippen molar-refractivity contribution in [2.24, 2.45) is 0 Å². The molecule has 6 nitrogen and oxygen atoms in total. The first-order valence-corrected chi connectivity index (χ1v) is 18.1. The average Bonchev–Trinajstić information content (AvgIpc) is 2.92. The van der Waals surface area contributed by atoms with Crippen LogP contribution in [0.3, 0.4) is 0 Å². The van der Waals surface area contributed by atoms with Gasteiger partial charge in [0.25, 0.3) is 0 Å². The SMILES string of the molecule is CC#N.CC#N.CC#N.O=S(=O)(O)C(F)(F)F.[CH3][Ru]([CH3])([CH3])([CH3])([CH3])[C]1=CC=CC1. The van der Waals surface area contributed by atoms with Crippen LogP contribution >= 0.6 is 0 Å². The molecule has 1 aliphatic rings. The van der Waals surface area contributed by atoms with E-state index in [1.807, 2.05) is 0 Å². The topological polar surface area (TPSA) is 126 Å². The van der Waals surface area contributed by atoms with Gasteiger partial charge in [-0.25, -0.2) is 0 Å². The molecule has 166 valence electrons. The molecule has 0 radical (unpaired) electrons. The van der Waals surface area contributed by atoms with Crippen LogP contribution in [0, 0.1) is 34.0 Å². The third-order valence-corrected chi connectivity index (χ3v) is 8.96. The van der Waals surface area contributed by atoms with Gasteiger partial charge in [0.2, 0.25) is 0 Å². The van der Waals surface area contributed by atoms with Gasteiger partial charge < -0.3 is 0 Å². The Balaban J connectivity index is -0.000000148. The summed E-state index contributed by atoms with van der Waals surface area (Å²) in [7, 11) is -5.84. The normalized spacial score (nSPS) is 14.4. The molecule has 0 aromatic carbocycles. The zero-order valence-corrected chi connectivity index (χ0v) is 20.0. The molecular formula is C17H30F3N3O3RuS. The molecule has 28 heavy (non-hydrogen) atoms. The molecular weight excluding hydrogens is 484 g/mol. The molecule has 0 heterocycles. The molecule has 0 amide bonds. The van der Waals surface area contributed by atoms with Crippen LogP contribution in [0.5, 0.6) is 0 Å². The maximum atomic E-state index is 10.7. The van der Waals surface area contributed by atoms with E-state index in [2.05, 4.69) is 45.8 Å². The van der Waals surface area contributed by atoms with Crippen molar-refractivity contribution in [3.05, 3.63) is 22.4 Å². The Hall–Kier alpha value is -1.73. The fraction of sp³-hybridized carbons (Fsp3) is 0.588. The Morgan fingerprint density at radius 2 is 1.21 bits per heavy atom. The van der Waals surface area contributed by atoms with Crippen LogP contribution in [0.2, 0.25) is 27.6 Å². The Morgan fingerprint density at radius 3 is 1.29 bits per heavy atom. The second-order valence-electron chi connectivity index (χ2n) is 7.24. The third kappa shape index (κ3) is 22.3. The van der Waals surface area contributed by atoms with Gasteiger partial charge in [-0.15, -0.1) is 0 Å². The van der Waals surface area contributed by atoms with Gasteiger partial charge >= 0.3 is 84.5 Å². The molecule has 0 fully saturated rings. The van der Waals surface area contributed by atoms with Crippen molar-refractivity contribution in [2.75, 3.05) is 0 Å². The Kier molecular flexibility index (Phi) is 14.5. The van der Waals surface area contributed by atoms with E-state index in [1.54, 1.807) is 22.4 Å². The predicted molar refractivity (Wildman–Crippen MR) is 103 cm³/mol. The molecule has 0 bridgehead atoms. The minimum atomic E-state index is -5.84. The quantitative estimate of drug-likeness (QED) is 0.249. The molecule has 1 rings (SSSR count). The van der Waals surface area contributed by atoms with Crippen LogP contribution < -0.4 is 0 Å². The van der Waals surface area contributed by atoms with Gasteiger partial charge in [-0.3, -0.25) is 4.55 Å². The summed E-state index contributed by atoms with van der Waals surface area (Å²) in [6.07, 6.45) is 7.97. The van der Waals surface area contributed by atoms with Gasteiger partial charge in [0, 0.05) is 20.8 Å². The molecule has 0 aromatic heterocycles. The van der Waals surface area contributed by atoms with E-state index in [0.717, 1.165) is 0 Å². The van der Waals surface area contributed by atoms with Crippen molar-refractivity contribution >= 4 is 10.1 Å². The number of rotatable bonds is 1. The van der Waals surface area contributed by atoms with Crippen molar-refractivity contribution in [3.8, 4) is 18.2 Å². The zero-order valence-electron chi connectivity index (χ0n) is 17.4. The molecule has 0 saturated carbocycles. The van der Waals surface area contributed by atoms with Crippen LogP contribution in [0.15, 0.2) is 22.4 Å². The molecule has 0 atom stereocenters. The van der Waals surface area contributed by atoms with Gasteiger partial charge in [-0.05, 0) is 0 Å². The first-order chi connectivity index (χ1) is 12.1. The van der Waals surface area contributed by atoms with E-state index in [-0.39, 0.29) is 0 Å². The number of allylic oxidation sites excluding steroid dienone is 4. The van der Waals surface area contributed by atoms with Crippen LogP contribution in [-0.2, 0) is 22.5 Å². The van der Waals surface area contributed by atoms with Crippen molar-refractivity contribution in [3.63, 3.8) is 0 Å². The zero-order chi connectivity index (χ0) is 23.9. The van der Waals surface area contributed by atoms with Gasteiger partial charge in [-0.2, -0.15) is 37.4 Å². The summed E-state index contributed by atoms with van der Waals surface area (Å²) < 4.78 is 59.2. The summed E-state index contributed by atoms with van der Waals surface area (Å²) in [5.74, 6) is 0. The molecule has 0 aliphatic heterocycles. The van der Waals surface area contributed by atoms with Crippen molar-refractivity contribution < 1.29 is 38.6 Å². The summed E-state index contributed by atoms with van der Waals surface area (Å²) in [5, 5.41) is 22.0. The molecule has 1 N–H and O–H groups in total. The minimum absolute atomic E-state index is 1.19. The fourth-order valence-electron chi connectivity index (χ4n) is 1.07. The Bertz CT molecular complexity index is 731. The number of nitrogens with zero attached hydrogens (tertiary/aromatic N) is 3. The van der Waals surface area contributed by atoms with Gasteiger partial charge in [0.15, 0.2) is 0 Å². The molecule has 0 spiro atoms. The van der Waals surface area contributed by atoms with Crippen LogP contribution in [0.4, 0.5) is 13.2 Å². The van der Waals surface area contributed by atoms with Crippen LogP contribution in [0.1, 0.15) is 27.2 Å². The fourth-order valence-corrected chi connectivity index (χ4v) is 4.67. The number of alkyl halides is 3. The standard InChI is InChI=1S/C5H5.3C2H3N.CHF3O3S.5CH3.Ru/c1-2-4-5-3-1;3*1-2-3;2-1(3,4)8(5,6)7;;;;;;/h1-3H,4H2;3*1H3;(H,5,6,7);5*1H3;. The Morgan fingerprint density at radius 1 is 0.964 bits per heavy atom.